The van der Waals surface area contributed by atoms with E-state index < -0.39 is 5.82 Å². The third-order valence-corrected chi connectivity index (χ3v) is 4.53. The third kappa shape index (κ3) is 5.83. The lowest BCUT2D eigenvalue weighted by Crippen LogP contribution is -2.21. The number of aromatic nitrogens is 1. The van der Waals surface area contributed by atoms with E-state index in [1.54, 1.807) is 36.5 Å². The van der Waals surface area contributed by atoms with Gasteiger partial charge >= 0.3 is 0 Å². The first-order valence-electron chi connectivity index (χ1n) is 8.72. The van der Waals surface area contributed by atoms with Crippen LogP contribution in [-0.4, -0.2) is 18.1 Å². The number of ether oxygens (including phenoxy) is 2. The Bertz CT molecular complexity index is 890. The lowest BCUT2D eigenvalue weighted by molar-refractivity contribution is 0.291. The molecule has 0 bridgehead atoms. The van der Waals surface area contributed by atoms with Crippen molar-refractivity contribution in [1.29, 1.82) is 0 Å². The van der Waals surface area contributed by atoms with E-state index >= 15 is 0 Å². The Balaban J connectivity index is 1.55. The fraction of sp³-hybridized carbons (Fsp3) is 0.190. The van der Waals surface area contributed by atoms with Crippen LogP contribution in [0, 0.1) is 5.82 Å². The Hall–Kier alpha value is -2.34. The van der Waals surface area contributed by atoms with Crippen molar-refractivity contribution in [2.75, 3.05) is 13.2 Å². The first-order chi connectivity index (χ1) is 13.6. The van der Waals surface area contributed by atoms with E-state index in [-0.39, 0.29) is 6.61 Å². The van der Waals surface area contributed by atoms with Gasteiger partial charge in [-0.3, -0.25) is 0 Å². The van der Waals surface area contributed by atoms with Crippen molar-refractivity contribution in [2.45, 2.75) is 13.2 Å². The maximum Gasteiger partial charge on any atom is 0.213 e. The second-order valence-electron chi connectivity index (χ2n) is 5.93. The van der Waals surface area contributed by atoms with Crippen LogP contribution >= 0.6 is 23.2 Å². The molecule has 0 aliphatic carbocycles. The van der Waals surface area contributed by atoms with Gasteiger partial charge in [0.05, 0.1) is 5.02 Å². The maximum atomic E-state index is 13.9. The van der Waals surface area contributed by atoms with Gasteiger partial charge in [0.15, 0.2) is 0 Å². The molecule has 0 saturated heterocycles. The molecule has 3 rings (SSSR count). The van der Waals surface area contributed by atoms with Crippen LogP contribution in [0.2, 0.25) is 10.0 Å². The van der Waals surface area contributed by atoms with E-state index in [0.717, 1.165) is 5.56 Å². The van der Waals surface area contributed by atoms with Crippen molar-refractivity contribution in [3.05, 3.63) is 87.8 Å². The number of halogens is 3. The number of rotatable bonds is 9. The molecule has 0 atom stereocenters. The molecule has 3 aromatic rings. The number of pyridine rings is 1. The molecular weight excluding hydrogens is 402 g/mol. The molecule has 1 N–H and O–H groups in total. The summed E-state index contributed by atoms with van der Waals surface area (Å²) in [5.41, 5.74) is 1.18. The predicted molar refractivity (Wildman–Crippen MR) is 109 cm³/mol. The summed E-state index contributed by atoms with van der Waals surface area (Å²) in [6.45, 7) is 1.63. The summed E-state index contributed by atoms with van der Waals surface area (Å²) in [5, 5.41) is 4.20. The minimum atomic E-state index is -0.396. The summed E-state index contributed by atoms with van der Waals surface area (Å²) in [5.74, 6) is 0.799. The standard InChI is InChI=1S/C21H19Cl2FN2O2/c22-16-7-8-20(28-14-17-18(23)4-3-5-19(17)24)15(12-16)13-25-10-11-27-21-6-1-2-9-26-21/h1-9,12,25H,10-11,13-14H2. The number of nitrogens with one attached hydrogen (secondary N) is 1. The van der Waals surface area contributed by atoms with E-state index in [0.29, 0.717) is 46.9 Å². The van der Waals surface area contributed by atoms with Crippen molar-refractivity contribution >= 4 is 23.2 Å². The predicted octanol–water partition coefficient (Wildman–Crippen LogP) is 5.28. The molecule has 4 nitrogen and oxygen atoms in total. The van der Waals surface area contributed by atoms with E-state index in [1.165, 1.54) is 6.07 Å². The van der Waals surface area contributed by atoms with Gasteiger partial charge in [0.25, 0.3) is 0 Å². The molecule has 0 fully saturated rings. The summed E-state index contributed by atoms with van der Waals surface area (Å²) in [7, 11) is 0. The van der Waals surface area contributed by atoms with Crippen LogP contribution in [0.5, 0.6) is 11.6 Å². The zero-order valence-electron chi connectivity index (χ0n) is 15.0. The lowest BCUT2D eigenvalue weighted by Gasteiger charge is -2.14. The summed E-state index contributed by atoms with van der Waals surface area (Å²) in [4.78, 5) is 4.10. The highest BCUT2D eigenvalue weighted by Gasteiger charge is 2.10. The molecule has 0 amide bonds. The molecule has 0 radical (unpaired) electrons. The Morgan fingerprint density at radius 2 is 1.89 bits per heavy atom. The maximum absolute atomic E-state index is 13.9. The minimum Gasteiger partial charge on any atom is -0.488 e. The number of hydrogen-bond donors (Lipinski definition) is 1. The van der Waals surface area contributed by atoms with E-state index in [2.05, 4.69) is 10.3 Å². The van der Waals surface area contributed by atoms with Crippen LogP contribution < -0.4 is 14.8 Å². The molecule has 0 unspecified atom stereocenters. The van der Waals surface area contributed by atoms with Crippen LogP contribution in [0.4, 0.5) is 4.39 Å². The summed E-state index contributed by atoms with van der Waals surface area (Å²) in [6.07, 6.45) is 1.68. The monoisotopic (exact) mass is 420 g/mol. The molecule has 0 spiro atoms. The first kappa shape index (κ1) is 20.4. The Morgan fingerprint density at radius 3 is 2.68 bits per heavy atom. The number of nitrogens with zero attached hydrogens (tertiary/aromatic N) is 1. The average molecular weight is 421 g/mol. The van der Waals surface area contributed by atoms with Crippen LogP contribution in [0.3, 0.4) is 0 Å². The van der Waals surface area contributed by atoms with Crippen LogP contribution in [0.25, 0.3) is 0 Å². The van der Waals surface area contributed by atoms with Gasteiger partial charge in [0.1, 0.15) is 24.8 Å². The molecule has 0 aliphatic rings. The SMILES string of the molecule is Fc1cccc(Cl)c1COc1ccc(Cl)cc1CNCCOc1ccccn1. The zero-order valence-corrected chi connectivity index (χ0v) is 16.5. The second kappa shape index (κ2) is 10.3. The van der Waals surface area contributed by atoms with Gasteiger partial charge in [0.2, 0.25) is 5.88 Å². The molecule has 7 heteroatoms. The van der Waals surface area contributed by atoms with Gasteiger partial charge in [-0.05, 0) is 36.4 Å². The summed E-state index contributed by atoms with van der Waals surface area (Å²) in [6, 6.07) is 15.4. The normalized spacial score (nSPS) is 10.7. The molecular formula is C21H19Cl2FN2O2. The Morgan fingerprint density at radius 1 is 1.00 bits per heavy atom. The smallest absolute Gasteiger partial charge is 0.213 e. The second-order valence-corrected chi connectivity index (χ2v) is 6.78. The quantitative estimate of drug-likeness (QED) is 0.478. The topological polar surface area (TPSA) is 43.4 Å². The number of hydrogen-bond acceptors (Lipinski definition) is 4. The van der Waals surface area contributed by atoms with Gasteiger partial charge in [0, 0.05) is 41.5 Å². The molecule has 2 aromatic carbocycles. The summed E-state index contributed by atoms with van der Waals surface area (Å²) >= 11 is 12.2. The van der Waals surface area contributed by atoms with Crippen molar-refractivity contribution in [2.24, 2.45) is 0 Å². The highest BCUT2D eigenvalue weighted by atomic mass is 35.5. The largest absolute Gasteiger partial charge is 0.488 e. The van der Waals surface area contributed by atoms with Gasteiger partial charge in [-0.1, -0.05) is 35.3 Å². The highest BCUT2D eigenvalue weighted by molar-refractivity contribution is 6.31. The van der Waals surface area contributed by atoms with Crippen molar-refractivity contribution in [3.63, 3.8) is 0 Å². The molecule has 146 valence electrons. The van der Waals surface area contributed by atoms with Crippen LogP contribution in [0.1, 0.15) is 11.1 Å². The van der Waals surface area contributed by atoms with Crippen LogP contribution in [-0.2, 0) is 13.2 Å². The third-order valence-electron chi connectivity index (χ3n) is 3.94. The van der Waals surface area contributed by atoms with Crippen LogP contribution in [0.15, 0.2) is 60.8 Å². The van der Waals surface area contributed by atoms with Gasteiger partial charge in [-0.2, -0.15) is 0 Å². The number of benzene rings is 2. The Kier molecular flexibility index (Phi) is 7.48. The fourth-order valence-corrected chi connectivity index (χ4v) is 2.94. The van der Waals surface area contributed by atoms with Crippen molar-refractivity contribution in [1.82, 2.24) is 10.3 Å². The molecule has 1 heterocycles. The minimum absolute atomic E-state index is 0.0307. The van der Waals surface area contributed by atoms with Crippen molar-refractivity contribution < 1.29 is 13.9 Å². The lowest BCUT2D eigenvalue weighted by atomic mass is 10.2. The fourth-order valence-electron chi connectivity index (χ4n) is 2.53. The van der Waals surface area contributed by atoms with Gasteiger partial charge in [-0.25, -0.2) is 9.37 Å². The zero-order chi connectivity index (χ0) is 19.8. The highest BCUT2D eigenvalue weighted by Crippen LogP contribution is 2.26. The molecule has 0 saturated carbocycles. The molecule has 0 aliphatic heterocycles. The van der Waals surface area contributed by atoms with Crippen molar-refractivity contribution in [3.8, 4) is 11.6 Å². The molecule has 1 aromatic heterocycles. The van der Waals surface area contributed by atoms with E-state index in [4.69, 9.17) is 32.7 Å². The Labute approximate surface area is 173 Å². The summed E-state index contributed by atoms with van der Waals surface area (Å²) < 4.78 is 25.3. The van der Waals surface area contributed by atoms with E-state index in [9.17, 15) is 4.39 Å². The first-order valence-corrected chi connectivity index (χ1v) is 9.48. The average Bonchev–Trinajstić information content (AvgIpc) is 2.69. The van der Waals surface area contributed by atoms with Gasteiger partial charge < -0.3 is 14.8 Å². The molecule has 28 heavy (non-hydrogen) atoms. The van der Waals surface area contributed by atoms with Gasteiger partial charge in [-0.15, -0.1) is 0 Å². The van der Waals surface area contributed by atoms with E-state index in [1.807, 2.05) is 18.2 Å².